The fourth-order valence-electron chi connectivity index (χ4n) is 3.16. The molecule has 0 saturated carbocycles. The van der Waals surface area contributed by atoms with E-state index in [9.17, 15) is 9.59 Å². The van der Waals surface area contributed by atoms with Gasteiger partial charge in [0, 0.05) is 18.2 Å². The lowest BCUT2D eigenvalue weighted by molar-refractivity contribution is -0.137. The van der Waals surface area contributed by atoms with E-state index in [1.807, 2.05) is 43.9 Å². The lowest BCUT2D eigenvalue weighted by atomic mass is 9.97. The maximum absolute atomic E-state index is 12.9. The Bertz CT molecular complexity index is 568. The number of hydrogen-bond donors (Lipinski definition) is 1. The Kier molecular flexibility index (Phi) is 5.80. The first-order valence-corrected chi connectivity index (χ1v) is 8.58. The van der Waals surface area contributed by atoms with E-state index in [0.717, 1.165) is 24.9 Å². The van der Waals surface area contributed by atoms with Crippen molar-refractivity contribution in [1.82, 2.24) is 10.2 Å². The standard InChI is InChI=1S/C19H28N2O2/c1-13(2)17(19(23)21-12-8-7-10-15(21)4)20-18(22)16-11-6-5-9-14(16)3/h5-6,9,11,13,15,17H,7-8,10,12H2,1-4H3,(H,20,22). The van der Waals surface area contributed by atoms with Crippen LogP contribution >= 0.6 is 0 Å². The summed E-state index contributed by atoms with van der Waals surface area (Å²) in [5.41, 5.74) is 1.56. The highest BCUT2D eigenvalue weighted by Crippen LogP contribution is 2.19. The van der Waals surface area contributed by atoms with E-state index in [4.69, 9.17) is 0 Å². The van der Waals surface area contributed by atoms with Crippen LogP contribution in [-0.2, 0) is 4.79 Å². The second-order valence-electron chi connectivity index (χ2n) is 6.89. The van der Waals surface area contributed by atoms with Crippen molar-refractivity contribution >= 4 is 11.8 Å². The van der Waals surface area contributed by atoms with Crippen molar-refractivity contribution < 1.29 is 9.59 Å². The number of benzene rings is 1. The third kappa shape index (κ3) is 4.12. The largest absolute Gasteiger partial charge is 0.340 e. The van der Waals surface area contributed by atoms with Gasteiger partial charge in [0.25, 0.3) is 5.91 Å². The van der Waals surface area contributed by atoms with Crippen molar-refractivity contribution in [1.29, 1.82) is 0 Å². The van der Waals surface area contributed by atoms with Crippen LogP contribution in [0.5, 0.6) is 0 Å². The fraction of sp³-hybridized carbons (Fsp3) is 0.579. The molecule has 1 aliphatic rings. The topological polar surface area (TPSA) is 49.4 Å². The van der Waals surface area contributed by atoms with Crippen LogP contribution in [0, 0.1) is 12.8 Å². The Morgan fingerprint density at radius 2 is 1.91 bits per heavy atom. The van der Waals surface area contributed by atoms with Gasteiger partial charge >= 0.3 is 0 Å². The van der Waals surface area contributed by atoms with Crippen LogP contribution in [0.2, 0.25) is 0 Å². The summed E-state index contributed by atoms with van der Waals surface area (Å²) in [6.07, 6.45) is 3.27. The molecule has 1 heterocycles. The predicted octanol–water partition coefficient (Wildman–Crippen LogP) is 3.15. The molecule has 1 aromatic carbocycles. The lowest BCUT2D eigenvalue weighted by Gasteiger charge is -2.37. The molecular formula is C19H28N2O2. The second kappa shape index (κ2) is 7.62. The van der Waals surface area contributed by atoms with Crippen molar-refractivity contribution in [3.05, 3.63) is 35.4 Å². The van der Waals surface area contributed by atoms with Gasteiger partial charge in [-0.2, -0.15) is 0 Å². The maximum atomic E-state index is 12.9. The van der Waals surface area contributed by atoms with E-state index in [2.05, 4.69) is 12.2 Å². The number of carbonyl (C=O) groups excluding carboxylic acids is 2. The van der Waals surface area contributed by atoms with Crippen LogP contribution in [0.15, 0.2) is 24.3 Å². The number of likely N-dealkylation sites (tertiary alicyclic amines) is 1. The van der Waals surface area contributed by atoms with Gasteiger partial charge in [0.2, 0.25) is 5.91 Å². The molecule has 1 fully saturated rings. The van der Waals surface area contributed by atoms with E-state index in [0.29, 0.717) is 5.56 Å². The molecule has 126 valence electrons. The van der Waals surface area contributed by atoms with Gasteiger partial charge in [-0.3, -0.25) is 9.59 Å². The molecule has 2 unspecified atom stereocenters. The number of carbonyl (C=O) groups is 2. The second-order valence-corrected chi connectivity index (χ2v) is 6.89. The maximum Gasteiger partial charge on any atom is 0.252 e. The fourth-order valence-corrected chi connectivity index (χ4v) is 3.16. The Morgan fingerprint density at radius 1 is 1.22 bits per heavy atom. The van der Waals surface area contributed by atoms with Gasteiger partial charge in [0.05, 0.1) is 0 Å². The summed E-state index contributed by atoms with van der Waals surface area (Å²) in [7, 11) is 0. The zero-order chi connectivity index (χ0) is 17.0. The van der Waals surface area contributed by atoms with Crippen molar-refractivity contribution in [3.63, 3.8) is 0 Å². The number of amides is 2. The predicted molar refractivity (Wildman–Crippen MR) is 92.3 cm³/mol. The summed E-state index contributed by atoms with van der Waals surface area (Å²) in [4.78, 5) is 27.4. The summed E-state index contributed by atoms with van der Waals surface area (Å²) in [5.74, 6) is -0.0569. The smallest absolute Gasteiger partial charge is 0.252 e. The third-order valence-electron chi connectivity index (χ3n) is 4.70. The molecule has 1 N–H and O–H groups in total. The highest BCUT2D eigenvalue weighted by Gasteiger charge is 2.32. The van der Waals surface area contributed by atoms with Crippen molar-refractivity contribution in [2.45, 2.75) is 59.0 Å². The van der Waals surface area contributed by atoms with Crippen LogP contribution in [0.25, 0.3) is 0 Å². The van der Waals surface area contributed by atoms with Crippen molar-refractivity contribution in [3.8, 4) is 0 Å². The van der Waals surface area contributed by atoms with E-state index >= 15 is 0 Å². The zero-order valence-electron chi connectivity index (χ0n) is 14.6. The van der Waals surface area contributed by atoms with Crippen molar-refractivity contribution in [2.24, 2.45) is 5.92 Å². The molecule has 0 bridgehead atoms. The van der Waals surface area contributed by atoms with Crippen LogP contribution in [0.3, 0.4) is 0 Å². The van der Waals surface area contributed by atoms with Crippen LogP contribution < -0.4 is 5.32 Å². The lowest BCUT2D eigenvalue weighted by Crippen LogP contribution is -2.54. The van der Waals surface area contributed by atoms with Gasteiger partial charge in [-0.15, -0.1) is 0 Å². The van der Waals surface area contributed by atoms with E-state index in [1.165, 1.54) is 6.42 Å². The monoisotopic (exact) mass is 316 g/mol. The third-order valence-corrected chi connectivity index (χ3v) is 4.70. The Balaban J connectivity index is 2.14. The normalized spacial score (nSPS) is 19.5. The molecule has 2 amide bonds. The Morgan fingerprint density at radius 3 is 2.52 bits per heavy atom. The van der Waals surface area contributed by atoms with Gasteiger partial charge in [0.15, 0.2) is 0 Å². The number of aryl methyl sites for hydroxylation is 1. The molecule has 4 heteroatoms. The number of rotatable bonds is 4. The van der Waals surface area contributed by atoms with E-state index < -0.39 is 6.04 Å². The highest BCUT2D eigenvalue weighted by atomic mass is 16.2. The van der Waals surface area contributed by atoms with Gasteiger partial charge in [-0.05, 0) is 50.7 Å². The first-order valence-electron chi connectivity index (χ1n) is 8.58. The minimum absolute atomic E-state index is 0.0501. The van der Waals surface area contributed by atoms with Gasteiger partial charge in [-0.25, -0.2) is 0 Å². The van der Waals surface area contributed by atoms with E-state index in [-0.39, 0.29) is 23.8 Å². The average Bonchev–Trinajstić information content (AvgIpc) is 2.52. The quantitative estimate of drug-likeness (QED) is 0.927. The summed E-state index contributed by atoms with van der Waals surface area (Å²) in [6.45, 7) is 8.76. The molecule has 1 saturated heterocycles. The molecule has 0 aliphatic carbocycles. The molecule has 1 aromatic rings. The van der Waals surface area contributed by atoms with Gasteiger partial charge in [-0.1, -0.05) is 32.0 Å². The zero-order valence-corrected chi connectivity index (χ0v) is 14.6. The average molecular weight is 316 g/mol. The molecular weight excluding hydrogens is 288 g/mol. The molecule has 0 aromatic heterocycles. The minimum Gasteiger partial charge on any atom is -0.340 e. The molecule has 0 spiro atoms. The number of piperidine rings is 1. The van der Waals surface area contributed by atoms with E-state index in [1.54, 1.807) is 6.07 Å². The Hall–Kier alpha value is -1.84. The molecule has 2 atom stereocenters. The molecule has 1 aliphatic heterocycles. The van der Waals surface area contributed by atoms with Gasteiger partial charge < -0.3 is 10.2 Å². The minimum atomic E-state index is -0.470. The first kappa shape index (κ1) is 17.5. The molecule has 2 rings (SSSR count). The van der Waals surface area contributed by atoms with Gasteiger partial charge in [0.1, 0.15) is 6.04 Å². The molecule has 23 heavy (non-hydrogen) atoms. The van der Waals surface area contributed by atoms with Crippen LogP contribution in [0.4, 0.5) is 0 Å². The highest BCUT2D eigenvalue weighted by molar-refractivity contribution is 5.98. The first-order chi connectivity index (χ1) is 10.9. The SMILES string of the molecule is Cc1ccccc1C(=O)NC(C(=O)N1CCCCC1C)C(C)C. The summed E-state index contributed by atoms with van der Waals surface area (Å²) >= 11 is 0. The molecule has 4 nitrogen and oxygen atoms in total. The number of hydrogen-bond acceptors (Lipinski definition) is 2. The van der Waals surface area contributed by atoms with Crippen LogP contribution in [0.1, 0.15) is 56.0 Å². The number of nitrogens with zero attached hydrogens (tertiary/aromatic N) is 1. The summed E-state index contributed by atoms with van der Waals surface area (Å²) in [6, 6.07) is 7.26. The van der Waals surface area contributed by atoms with Crippen molar-refractivity contribution in [2.75, 3.05) is 6.54 Å². The Labute approximate surface area is 139 Å². The molecule has 0 radical (unpaired) electrons. The summed E-state index contributed by atoms with van der Waals surface area (Å²) < 4.78 is 0. The number of nitrogens with one attached hydrogen (secondary N) is 1. The van der Waals surface area contributed by atoms with Crippen LogP contribution in [-0.4, -0.2) is 35.3 Å². The summed E-state index contributed by atoms with van der Waals surface area (Å²) in [5, 5.41) is 2.96.